The first-order chi connectivity index (χ1) is 13.4. The van der Waals surface area contributed by atoms with E-state index in [2.05, 4.69) is 83.8 Å². The fourth-order valence-corrected chi connectivity index (χ4v) is 3.47. The number of aromatic amines is 1. The van der Waals surface area contributed by atoms with E-state index in [1.807, 2.05) is 24.3 Å². The summed E-state index contributed by atoms with van der Waals surface area (Å²) < 4.78 is 0. The smallest absolute Gasteiger partial charge is 0.138 e. The number of imidazole rings is 1. The van der Waals surface area contributed by atoms with Gasteiger partial charge in [-0.3, -0.25) is 0 Å². The first kappa shape index (κ1) is 15.6. The molecule has 128 valence electrons. The third-order valence-electron chi connectivity index (χ3n) is 4.84. The molecule has 1 heterocycles. The van der Waals surface area contributed by atoms with Gasteiger partial charge in [-0.25, -0.2) is 4.98 Å². The predicted molar refractivity (Wildman–Crippen MR) is 112 cm³/mol. The highest BCUT2D eigenvalue weighted by atomic mass is 14.9. The van der Waals surface area contributed by atoms with Crippen LogP contribution in [0.4, 0.5) is 0 Å². The van der Waals surface area contributed by atoms with E-state index in [0.29, 0.717) is 0 Å². The van der Waals surface area contributed by atoms with Gasteiger partial charge in [0.25, 0.3) is 0 Å². The van der Waals surface area contributed by atoms with Gasteiger partial charge in [-0.05, 0) is 16.8 Å². The highest BCUT2D eigenvalue weighted by molar-refractivity contribution is 5.90. The molecule has 1 aromatic heterocycles. The molecule has 2 heteroatoms. The highest BCUT2D eigenvalue weighted by Gasteiger charge is 2.15. The van der Waals surface area contributed by atoms with Crippen LogP contribution in [-0.4, -0.2) is 9.97 Å². The summed E-state index contributed by atoms with van der Waals surface area (Å²) in [7, 11) is 0. The Morgan fingerprint density at radius 3 is 1.89 bits per heavy atom. The summed E-state index contributed by atoms with van der Waals surface area (Å²) in [6.45, 7) is 0. The fraction of sp³-hybridized carbons (Fsp3) is 0. The van der Waals surface area contributed by atoms with Crippen LogP contribution in [0.25, 0.3) is 44.7 Å². The largest absolute Gasteiger partial charge is 0.337 e. The van der Waals surface area contributed by atoms with E-state index in [-0.39, 0.29) is 0 Å². The van der Waals surface area contributed by atoms with Crippen LogP contribution >= 0.6 is 0 Å². The minimum atomic E-state index is 0.887. The van der Waals surface area contributed by atoms with E-state index in [1.54, 1.807) is 0 Å². The molecule has 1 N–H and O–H groups in total. The number of hydrogen-bond donors (Lipinski definition) is 1. The molecule has 5 aromatic rings. The predicted octanol–water partition coefficient (Wildman–Crippen LogP) is 6.56. The maximum absolute atomic E-state index is 4.98. The molecule has 4 aromatic carbocycles. The van der Waals surface area contributed by atoms with Crippen molar-refractivity contribution in [1.82, 2.24) is 9.97 Å². The van der Waals surface area contributed by atoms with E-state index >= 15 is 0 Å². The molecule has 0 spiro atoms. The van der Waals surface area contributed by atoms with Crippen LogP contribution in [0.5, 0.6) is 0 Å². The third-order valence-corrected chi connectivity index (χ3v) is 4.84. The normalized spacial score (nSPS) is 11.0. The van der Waals surface area contributed by atoms with Gasteiger partial charge in [0, 0.05) is 16.7 Å². The molecule has 0 atom stereocenters. The summed E-state index contributed by atoms with van der Waals surface area (Å²) in [5.74, 6) is 0.887. The molecule has 5 rings (SSSR count). The van der Waals surface area contributed by atoms with Crippen molar-refractivity contribution in [2.75, 3.05) is 0 Å². The number of fused-ring (bicyclic) bond motifs is 1. The molecule has 0 aliphatic carbocycles. The number of H-pyrrole nitrogens is 1. The average Bonchev–Trinajstić information content (AvgIpc) is 3.20. The molecule has 2 nitrogen and oxygen atoms in total. The Morgan fingerprint density at radius 2 is 1.15 bits per heavy atom. The molecular weight excluding hydrogens is 328 g/mol. The maximum atomic E-state index is 4.98. The van der Waals surface area contributed by atoms with Gasteiger partial charge in [0.15, 0.2) is 0 Å². The number of nitrogens with one attached hydrogen (secondary N) is 1. The molecule has 0 bridgehead atoms. The van der Waals surface area contributed by atoms with Gasteiger partial charge >= 0.3 is 0 Å². The summed E-state index contributed by atoms with van der Waals surface area (Å²) in [5.41, 5.74) is 5.36. The minimum absolute atomic E-state index is 0.887. The third kappa shape index (κ3) is 2.91. The van der Waals surface area contributed by atoms with E-state index < -0.39 is 0 Å². The molecule has 0 radical (unpaired) electrons. The SMILES string of the molecule is c1ccc(-c2nc(-c3ccc4ccccc4c3)c(-c3ccccc3)[nH]2)cc1. The highest BCUT2D eigenvalue weighted by Crippen LogP contribution is 2.34. The molecule has 0 saturated heterocycles. The number of hydrogen-bond acceptors (Lipinski definition) is 1. The van der Waals surface area contributed by atoms with E-state index in [1.165, 1.54) is 10.8 Å². The minimum Gasteiger partial charge on any atom is -0.337 e. The number of benzene rings is 4. The van der Waals surface area contributed by atoms with Crippen LogP contribution < -0.4 is 0 Å². The lowest BCUT2D eigenvalue weighted by molar-refractivity contribution is 1.31. The topological polar surface area (TPSA) is 28.7 Å². The van der Waals surface area contributed by atoms with Crippen LogP contribution in [0, 0.1) is 0 Å². The van der Waals surface area contributed by atoms with Crippen molar-refractivity contribution in [3.05, 3.63) is 103 Å². The lowest BCUT2D eigenvalue weighted by Gasteiger charge is -2.05. The van der Waals surface area contributed by atoms with Gasteiger partial charge in [0.05, 0.1) is 11.4 Å². The van der Waals surface area contributed by atoms with Crippen molar-refractivity contribution in [2.45, 2.75) is 0 Å². The Kier molecular flexibility index (Phi) is 3.80. The van der Waals surface area contributed by atoms with Gasteiger partial charge in [0.1, 0.15) is 5.82 Å². The Hall–Kier alpha value is -3.65. The summed E-state index contributed by atoms with van der Waals surface area (Å²) in [4.78, 5) is 8.53. The summed E-state index contributed by atoms with van der Waals surface area (Å²) >= 11 is 0. The van der Waals surface area contributed by atoms with Crippen LogP contribution in [0.2, 0.25) is 0 Å². The standard InChI is InChI=1S/C25H18N2/c1-3-10-19(11-4-1)23-24(27-25(26-23)20-12-5-2-6-13-20)22-16-15-18-9-7-8-14-21(18)17-22/h1-17H,(H,26,27). The quantitative estimate of drug-likeness (QED) is 0.393. The lowest BCUT2D eigenvalue weighted by atomic mass is 10.0. The molecule has 27 heavy (non-hydrogen) atoms. The van der Waals surface area contributed by atoms with Crippen LogP contribution in [0.1, 0.15) is 0 Å². The van der Waals surface area contributed by atoms with E-state index in [4.69, 9.17) is 4.98 Å². The first-order valence-corrected chi connectivity index (χ1v) is 9.08. The number of rotatable bonds is 3. The van der Waals surface area contributed by atoms with Gasteiger partial charge in [-0.15, -0.1) is 0 Å². The van der Waals surface area contributed by atoms with E-state index in [9.17, 15) is 0 Å². The lowest BCUT2D eigenvalue weighted by Crippen LogP contribution is -1.84. The summed E-state index contributed by atoms with van der Waals surface area (Å²) in [6, 6.07) is 35.6. The second-order valence-corrected chi connectivity index (χ2v) is 6.60. The van der Waals surface area contributed by atoms with E-state index in [0.717, 1.165) is 33.9 Å². The summed E-state index contributed by atoms with van der Waals surface area (Å²) in [6.07, 6.45) is 0. The first-order valence-electron chi connectivity index (χ1n) is 9.08. The molecular formula is C25H18N2. The van der Waals surface area contributed by atoms with Crippen molar-refractivity contribution in [3.8, 4) is 33.9 Å². The molecule has 0 unspecified atom stereocenters. The Labute approximate surface area is 158 Å². The second kappa shape index (κ2) is 6.58. The Morgan fingerprint density at radius 1 is 0.519 bits per heavy atom. The number of aromatic nitrogens is 2. The van der Waals surface area contributed by atoms with Crippen molar-refractivity contribution < 1.29 is 0 Å². The van der Waals surface area contributed by atoms with Crippen molar-refractivity contribution >= 4 is 10.8 Å². The molecule has 0 fully saturated rings. The molecule has 0 saturated carbocycles. The van der Waals surface area contributed by atoms with Gasteiger partial charge in [-0.1, -0.05) is 97.1 Å². The Bertz CT molecular complexity index is 1210. The zero-order chi connectivity index (χ0) is 18.1. The van der Waals surface area contributed by atoms with Crippen molar-refractivity contribution in [2.24, 2.45) is 0 Å². The zero-order valence-corrected chi connectivity index (χ0v) is 14.8. The van der Waals surface area contributed by atoms with Crippen LogP contribution in [0.15, 0.2) is 103 Å². The van der Waals surface area contributed by atoms with Crippen LogP contribution in [0.3, 0.4) is 0 Å². The number of nitrogens with zero attached hydrogens (tertiary/aromatic N) is 1. The zero-order valence-electron chi connectivity index (χ0n) is 14.8. The van der Waals surface area contributed by atoms with Crippen molar-refractivity contribution in [1.29, 1.82) is 0 Å². The molecule has 0 aliphatic heterocycles. The van der Waals surface area contributed by atoms with Gasteiger partial charge in [0.2, 0.25) is 0 Å². The molecule has 0 amide bonds. The molecule has 0 aliphatic rings. The fourth-order valence-electron chi connectivity index (χ4n) is 3.47. The monoisotopic (exact) mass is 346 g/mol. The van der Waals surface area contributed by atoms with Crippen molar-refractivity contribution in [3.63, 3.8) is 0 Å². The Balaban J connectivity index is 1.73. The summed E-state index contributed by atoms with van der Waals surface area (Å²) in [5, 5.41) is 2.46. The van der Waals surface area contributed by atoms with Gasteiger partial charge in [-0.2, -0.15) is 0 Å². The van der Waals surface area contributed by atoms with Crippen LogP contribution in [-0.2, 0) is 0 Å². The second-order valence-electron chi connectivity index (χ2n) is 6.60. The average molecular weight is 346 g/mol. The van der Waals surface area contributed by atoms with Gasteiger partial charge < -0.3 is 4.98 Å². The maximum Gasteiger partial charge on any atom is 0.138 e.